The van der Waals surface area contributed by atoms with E-state index in [1.54, 1.807) is 0 Å². The standard InChI is InChI=1S/C12H22N2OS/c1-2-15-9-8-13-11-14-12(10-16-11)6-4-3-5-7-12/h2-10H2,1H3,(H,13,14). The number of rotatable bonds is 4. The van der Waals surface area contributed by atoms with Crippen LogP contribution in [-0.4, -0.2) is 36.2 Å². The maximum atomic E-state index is 5.29. The summed E-state index contributed by atoms with van der Waals surface area (Å²) in [5.74, 6) is 1.21. The second-order valence-corrected chi connectivity index (χ2v) is 5.60. The zero-order valence-corrected chi connectivity index (χ0v) is 10.9. The van der Waals surface area contributed by atoms with E-state index >= 15 is 0 Å². The lowest BCUT2D eigenvalue weighted by Gasteiger charge is -2.32. The van der Waals surface area contributed by atoms with E-state index in [9.17, 15) is 0 Å². The number of hydrogen-bond donors (Lipinski definition) is 1. The number of nitrogens with one attached hydrogen (secondary N) is 1. The van der Waals surface area contributed by atoms with Crippen molar-refractivity contribution in [1.82, 2.24) is 5.32 Å². The second kappa shape index (κ2) is 5.92. The van der Waals surface area contributed by atoms with Gasteiger partial charge in [-0.2, -0.15) is 0 Å². The summed E-state index contributed by atoms with van der Waals surface area (Å²) >= 11 is 1.89. The Morgan fingerprint density at radius 2 is 2.19 bits per heavy atom. The minimum atomic E-state index is 0.382. The molecule has 3 nitrogen and oxygen atoms in total. The van der Waals surface area contributed by atoms with Gasteiger partial charge >= 0.3 is 0 Å². The van der Waals surface area contributed by atoms with Crippen molar-refractivity contribution in [2.24, 2.45) is 4.99 Å². The Hall–Kier alpha value is -0.220. The first-order valence-electron chi connectivity index (χ1n) is 6.38. The van der Waals surface area contributed by atoms with Gasteiger partial charge in [0.15, 0.2) is 5.17 Å². The molecule has 0 radical (unpaired) electrons. The van der Waals surface area contributed by atoms with E-state index in [4.69, 9.17) is 4.74 Å². The Kier molecular flexibility index (Phi) is 4.53. The van der Waals surface area contributed by atoms with Crippen LogP contribution in [0.25, 0.3) is 0 Å². The van der Waals surface area contributed by atoms with Gasteiger partial charge in [0, 0.05) is 17.9 Å². The van der Waals surface area contributed by atoms with Crippen LogP contribution in [0.2, 0.25) is 0 Å². The summed E-state index contributed by atoms with van der Waals surface area (Å²) in [6, 6.07) is 0. The number of nitrogens with zero attached hydrogens (tertiary/aromatic N) is 1. The van der Waals surface area contributed by atoms with E-state index in [2.05, 4.69) is 10.3 Å². The molecule has 0 aromatic heterocycles. The molecule has 0 unspecified atom stereocenters. The van der Waals surface area contributed by atoms with E-state index in [1.165, 1.54) is 37.9 Å². The van der Waals surface area contributed by atoms with Crippen molar-refractivity contribution in [2.75, 3.05) is 25.5 Å². The fourth-order valence-corrected chi connectivity index (χ4v) is 3.69. The van der Waals surface area contributed by atoms with Gasteiger partial charge < -0.3 is 10.1 Å². The molecule has 1 N–H and O–H groups in total. The molecule has 0 amide bonds. The first kappa shape index (κ1) is 12.2. The van der Waals surface area contributed by atoms with Crippen LogP contribution in [0.1, 0.15) is 39.0 Å². The molecule has 0 aromatic rings. The Balaban J connectivity index is 1.77. The van der Waals surface area contributed by atoms with Crippen molar-refractivity contribution in [3.05, 3.63) is 0 Å². The highest BCUT2D eigenvalue weighted by Gasteiger charge is 2.37. The largest absolute Gasteiger partial charge is 0.380 e. The molecule has 1 saturated heterocycles. The fraction of sp³-hybridized carbons (Fsp3) is 0.917. The van der Waals surface area contributed by atoms with Crippen LogP contribution in [0.3, 0.4) is 0 Å². The number of amidine groups is 1. The predicted octanol–water partition coefficient (Wildman–Crippen LogP) is 2.42. The molecule has 1 spiro atoms. The summed E-state index contributed by atoms with van der Waals surface area (Å²) in [5, 5.41) is 4.78. The van der Waals surface area contributed by atoms with E-state index in [0.717, 1.165) is 24.9 Å². The summed E-state index contributed by atoms with van der Waals surface area (Å²) in [6.45, 7) is 4.34. The predicted molar refractivity (Wildman–Crippen MR) is 70.2 cm³/mol. The maximum Gasteiger partial charge on any atom is 0.157 e. The van der Waals surface area contributed by atoms with Crippen LogP contribution in [0, 0.1) is 0 Å². The smallest absolute Gasteiger partial charge is 0.157 e. The fourth-order valence-electron chi connectivity index (χ4n) is 2.44. The second-order valence-electron chi connectivity index (χ2n) is 4.64. The molecular weight excluding hydrogens is 220 g/mol. The quantitative estimate of drug-likeness (QED) is 0.769. The van der Waals surface area contributed by atoms with Gasteiger partial charge in [-0.05, 0) is 19.8 Å². The molecule has 2 aliphatic rings. The monoisotopic (exact) mass is 242 g/mol. The maximum absolute atomic E-state index is 5.29. The SMILES string of the molecule is CCOCCN=C1NC2(CCCCC2)CS1. The summed E-state index contributed by atoms with van der Waals surface area (Å²) in [6.07, 6.45) is 6.81. The van der Waals surface area contributed by atoms with Gasteiger partial charge in [-0.15, -0.1) is 0 Å². The molecule has 1 aliphatic heterocycles. The Bertz CT molecular complexity index is 249. The Morgan fingerprint density at radius 1 is 1.38 bits per heavy atom. The third-order valence-electron chi connectivity index (χ3n) is 3.36. The Morgan fingerprint density at radius 3 is 2.94 bits per heavy atom. The van der Waals surface area contributed by atoms with Crippen molar-refractivity contribution in [1.29, 1.82) is 0 Å². The topological polar surface area (TPSA) is 33.6 Å². The van der Waals surface area contributed by atoms with Crippen molar-refractivity contribution >= 4 is 16.9 Å². The molecule has 1 aliphatic carbocycles. The highest BCUT2D eigenvalue weighted by Crippen LogP contribution is 2.35. The van der Waals surface area contributed by atoms with Crippen LogP contribution < -0.4 is 5.32 Å². The lowest BCUT2D eigenvalue weighted by Crippen LogP contribution is -2.45. The van der Waals surface area contributed by atoms with Crippen molar-refractivity contribution in [3.8, 4) is 0 Å². The molecule has 2 rings (SSSR count). The van der Waals surface area contributed by atoms with Gasteiger partial charge in [-0.1, -0.05) is 31.0 Å². The third kappa shape index (κ3) is 3.14. The zero-order chi connectivity index (χ0) is 11.3. The van der Waals surface area contributed by atoms with E-state index in [-0.39, 0.29) is 0 Å². The number of aliphatic imine (C=N–C) groups is 1. The number of ether oxygens (including phenoxy) is 1. The van der Waals surface area contributed by atoms with Gasteiger partial charge in [-0.3, -0.25) is 4.99 Å². The average molecular weight is 242 g/mol. The lowest BCUT2D eigenvalue weighted by molar-refractivity contribution is 0.156. The average Bonchev–Trinajstić information content (AvgIpc) is 2.69. The third-order valence-corrected chi connectivity index (χ3v) is 4.56. The highest BCUT2D eigenvalue weighted by molar-refractivity contribution is 8.14. The van der Waals surface area contributed by atoms with Crippen molar-refractivity contribution in [3.63, 3.8) is 0 Å². The molecule has 4 heteroatoms. The normalized spacial score (nSPS) is 26.2. The lowest BCUT2D eigenvalue weighted by atomic mass is 9.83. The molecule has 0 bridgehead atoms. The van der Waals surface area contributed by atoms with E-state index in [1.807, 2.05) is 18.7 Å². The Labute approximate surface area is 102 Å². The van der Waals surface area contributed by atoms with Gasteiger partial charge in [0.1, 0.15) is 0 Å². The van der Waals surface area contributed by atoms with Crippen molar-refractivity contribution < 1.29 is 4.74 Å². The number of hydrogen-bond acceptors (Lipinski definition) is 3. The summed E-state index contributed by atoms with van der Waals surface area (Å²) in [7, 11) is 0. The minimum absolute atomic E-state index is 0.382. The van der Waals surface area contributed by atoms with E-state index in [0.29, 0.717) is 5.54 Å². The van der Waals surface area contributed by atoms with Crippen LogP contribution in [0.4, 0.5) is 0 Å². The van der Waals surface area contributed by atoms with Gasteiger partial charge in [0.05, 0.1) is 13.2 Å². The van der Waals surface area contributed by atoms with E-state index < -0.39 is 0 Å². The number of thioether (sulfide) groups is 1. The summed E-state index contributed by atoms with van der Waals surface area (Å²) in [4.78, 5) is 4.55. The molecular formula is C12H22N2OS. The highest BCUT2D eigenvalue weighted by atomic mass is 32.2. The molecule has 1 saturated carbocycles. The van der Waals surface area contributed by atoms with Crippen LogP contribution in [0.5, 0.6) is 0 Å². The van der Waals surface area contributed by atoms with Crippen molar-refractivity contribution in [2.45, 2.75) is 44.6 Å². The summed E-state index contributed by atoms with van der Waals surface area (Å²) in [5.41, 5.74) is 0.382. The van der Waals surface area contributed by atoms with Gasteiger partial charge in [0.2, 0.25) is 0 Å². The first-order valence-corrected chi connectivity index (χ1v) is 7.36. The molecule has 92 valence electrons. The molecule has 1 heterocycles. The molecule has 16 heavy (non-hydrogen) atoms. The van der Waals surface area contributed by atoms with Gasteiger partial charge in [-0.25, -0.2) is 0 Å². The summed E-state index contributed by atoms with van der Waals surface area (Å²) < 4.78 is 5.29. The molecule has 0 aromatic carbocycles. The molecule has 2 fully saturated rings. The van der Waals surface area contributed by atoms with Crippen LogP contribution in [0.15, 0.2) is 4.99 Å². The zero-order valence-electron chi connectivity index (χ0n) is 10.1. The van der Waals surface area contributed by atoms with Gasteiger partial charge in [0.25, 0.3) is 0 Å². The molecule has 0 atom stereocenters. The minimum Gasteiger partial charge on any atom is -0.380 e. The van der Waals surface area contributed by atoms with Crippen LogP contribution in [-0.2, 0) is 4.74 Å². The van der Waals surface area contributed by atoms with Crippen LogP contribution >= 0.6 is 11.8 Å². The first-order chi connectivity index (χ1) is 7.85.